The van der Waals surface area contributed by atoms with Crippen LogP contribution in [0.4, 0.5) is 0 Å². The Morgan fingerprint density at radius 2 is 1.84 bits per heavy atom. The van der Waals surface area contributed by atoms with Gasteiger partial charge in [0.15, 0.2) is 5.03 Å². The van der Waals surface area contributed by atoms with Gasteiger partial charge in [-0.1, -0.05) is 18.2 Å². The van der Waals surface area contributed by atoms with Crippen molar-refractivity contribution in [1.29, 1.82) is 0 Å². The van der Waals surface area contributed by atoms with E-state index in [9.17, 15) is 13.5 Å². The number of nitrogens with zero attached hydrogens (tertiary/aromatic N) is 2. The minimum Gasteiger partial charge on any atom is -0.384 e. The average Bonchev–Trinajstić information content (AvgIpc) is 2.74. The Kier molecular flexibility index (Phi) is 3.21. The molecule has 0 atom stereocenters. The number of primary sulfonamides is 1. The molecule has 1 aromatic carbocycles. The summed E-state index contributed by atoms with van der Waals surface area (Å²) in [7, 11) is -3.92. The van der Waals surface area contributed by atoms with Crippen LogP contribution in [0.5, 0.6) is 0 Å². The lowest BCUT2D eigenvalue weighted by Gasteiger charge is -2.18. The number of aliphatic hydroxyl groups is 1. The molecule has 102 valence electrons. The molecule has 0 saturated heterocycles. The first kappa shape index (κ1) is 13.7. The number of rotatable bonds is 3. The second-order valence-corrected chi connectivity index (χ2v) is 6.23. The Balaban J connectivity index is 2.70. The first-order valence-corrected chi connectivity index (χ1v) is 7.15. The van der Waals surface area contributed by atoms with E-state index in [-0.39, 0.29) is 5.03 Å². The zero-order chi connectivity index (χ0) is 14.3. The van der Waals surface area contributed by atoms with Crippen LogP contribution in [-0.4, -0.2) is 23.3 Å². The van der Waals surface area contributed by atoms with E-state index in [1.54, 1.807) is 38.1 Å². The molecule has 7 heteroatoms. The predicted octanol–water partition coefficient (Wildman–Crippen LogP) is 0.747. The maximum atomic E-state index is 11.4. The smallest absolute Gasteiger partial charge is 0.257 e. The standard InChI is InChI=1S/C12H15N3O3S/c1-12(2,16)10-8-11(19(13,17)18)14-15(10)9-6-4-3-5-7-9/h3-8,16H,1-2H3,(H2,13,17,18). The molecule has 0 aliphatic rings. The van der Waals surface area contributed by atoms with Crippen LogP contribution in [0.2, 0.25) is 0 Å². The zero-order valence-electron chi connectivity index (χ0n) is 10.6. The first-order valence-electron chi connectivity index (χ1n) is 5.61. The highest BCUT2D eigenvalue weighted by molar-refractivity contribution is 7.89. The number of nitrogens with two attached hydrogens (primary N) is 1. The SMILES string of the molecule is CC(C)(O)c1cc(S(N)(=O)=O)nn1-c1ccccc1. The molecule has 19 heavy (non-hydrogen) atoms. The summed E-state index contributed by atoms with van der Waals surface area (Å²) in [5, 5.41) is 18.9. The number of sulfonamides is 1. The molecule has 0 aliphatic heterocycles. The Bertz CT molecular complexity index is 685. The Morgan fingerprint density at radius 1 is 1.26 bits per heavy atom. The summed E-state index contributed by atoms with van der Waals surface area (Å²) in [6, 6.07) is 10.2. The summed E-state index contributed by atoms with van der Waals surface area (Å²) in [5.41, 5.74) is -0.247. The fourth-order valence-corrected chi connectivity index (χ4v) is 2.17. The van der Waals surface area contributed by atoms with Crippen molar-refractivity contribution in [2.75, 3.05) is 0 Å². The van der Waals surface area contributed by atoms with Gasteiger partial charge in [-0.05, 0) is 26.0 Å². The lowest BCUT2D eigenvalue weighted by molar-refractivity contribution is 0.0711. The summed E-state index contributed by atoms with van der Waals surface area (Å²) in [4.78, 5) is 0. The summed E-state index contributed by atoms with van der Waals surface area (Å²) in [5.74, 6) is 0. The molecule has 0 saturated carbocycles. The van der Waals surface area contributed by atoms with Crippen LogP contribution in [0, 0.1) is 0 Å². The molecule has 0 aliphatic carbocycles. The van der Waals surface area contributed by atoms with Crippen LogP contribution in [0.15, 0.2) is 41.4 Å². The summed E-state index contributed by atoms with van der Waals surface area (Å²) in [6.07, 6.45) is 0. The van der Waals surface area contributed by atoms with E-state index in [4.69, 9.17) is 5.14 Å². The molecule has 2 rings (SSSR count). The number of aromatic nitrogens is 2. The predicted molar refractivity (Wildman–Crippen MR) is 70.2 cm³/mol. The minimum atomic E-state index is -3.92. The molecule has 6 nitrogen and oxygen atoms in total. The Labute approximate surface area is 111 Å². The van der Waals surface area contributed by atoms with Gasteiger partial charge in [-0.2, -0.15) is 5.10 Å². The van der Waals surface area contributed by atoms with E-state index in [1.807, 2.05) is 6.07 Å². The average molecular weight is 281 g/mol. The van der Waals surface area contributed by atoms with Crippen LogP contribution in [0.3, 0.4) is 0 Å². The van der Waals surface area contributed by atoms with Crippen LogP contribution in [0.1, 0.15) is 19.5 Å². The maximum Gasteiger partial charge on any atom is 0.257 e. The zero-order valence-corrected chi connectivity index (χ0v) is 11.4. The van der Waals surface area contributed by atoms with Gasteiger partial charge in [-0.3, -0.25) is 0 Å². The number of benzene rings is 1. The fourth-order valence-electron chi connectivity index (χ4n) is 1.70. The van der Waals surface area contributed by atoms with Crippen molar-refractivity contribution in [3.63, 3.8) is 0 Å². The molecule has 0 radical (unpaired) electrons. The Morgan fingerprint density at radius 3 is 2.32 bits per heavy atom. The molecule has 1 aromatic heterocycles. The van der Waals surface area contributed by atoms with E-state index in [2.05, 4.69) is 5.10 Å². The molecule has 3 N–H and O–H groups in total. The van der Waals surface area contributed by atoms with Gasteiger partial charge in [-0.15, -0.1) is 0 Å². The van der Waals surface area contributed by atoms with Gasteiger partial charge in [0.25, 0.3) is 10.0 Å². The van der Waals surface area contributed by atoms with Crippen LogP contribution >= 0.6 is 0 Å². The van der Waals surface area contributed by atoms with Gasteiger partial charge >= 0.3 is 0 Å². The molecule has 1 heterocycles. The summed E-state index contributed by atoms with van der Waals surface area (Å²) in [6.45, 7) is 3.10. The lowest BCUT2D eigenvalue weighted by atomic mass is 10.1. The number of hydrogen-bond donors (Lipinski definition) is 2. The first-order chi connectivity index (χ1) is 8.69. The van der Waals surface area contributed by atoms with Crippen LogP contribution in [0.25, 0.3) is 5.69 Å². The van der Waals surface area contributed by atoms with E-state index >= 15 is 0 Å². The van der Waals surface area contributed by atoms with Gasteiger partial charge in [0.05, 0.1) is 11.4 Å². The van der Waals surface area contributed by atoms with Gasteiger partial charge < -0.3 is 5.11 Å². The third-order valence-electron chi connectivity index (χ3n) is 2.61. The van der Waals surface area contributed by atoms with Crippen LogP contribution < -0.4 is 5.14 Å². The second-order valence-electron chi connectivity index (χ2n) is 4.72. The topological polar surface area (TPSA) is 98.2 Å². The maximum absolute atomic E-state index is 11.4. The quantitative estimate of drug-likeness (QED) is 0.867. The van der Waals surface area contributed by atoms with Crippen molar-refractivity contribution in [1.82, 2.24) is 9.78 Å². The normalized spacial score (nSPS) is 12.6. The van der Waals surface area contributed by atoms with Crippen molar-refractivity contribution >= 4 is 10.0 Å². The highest BCUT2D eigenvalue weighted by Gasteiger charge is 2.26. The number of para-hydroxylation sites is 1. The summed E-state index contributed by atoms with van der Waals surface area (Å²) >= 11 is 0. The van der Waals surface area contributed by atoms with Crippen molar-refractivity contribution in [2.45, 2.75) is 24.5 Å². The van der Waals surface area contributed by atoms with E-state index < -0.39 is 15.6 Å². The highest BCUT2D eigenvalue weighted by Crippen LogP contribution is 2.25. The van der Waals surface area contributed by atoms with Crippen molar-refractivity contribution in [3.8, 4) is 5.69 Å². The molecule has 0 bridgehead atoms. The molecule has 0 spiro atoms. The summed E-state index contributed by atoms with van der Waals surface area (Å²) < 4.78 is 24.1. The molecular weight excluding hydrogens is 266 g/mol. The van der Waals surface area contributed by atoms with E-state index in [0.29, 0.717) is 11.4 Å². The fraction of sp³-hybridized carbons (Fsp3) is 0.250. The van der Waals surface area contributed by atoms with Crippen molar-refractivity contribution in [3.05, 3.63) is 42.1 Å². The number of hydrogen-bond acceptors (Lipinski definition) is 4. The van der Waals surface area contributed by atoms with E-state index in [1.165, 1.54) is 10.7 Å². The molecule has 0 amide bonds. The monoisotopic (exact) mass is 281 g/mol. The molecule has 2 aromatic rings. The third kappa shape index (κ3) is 2.83. The largest absolute Gasteiger partial charge is 0.384 e. The Hall–Kier alpha value is -1.70. The molecular formula is C12H15N3O3S. The van der Waals surface area contributed by atoms with Crippen LogP contribution in [-0.2, 0) is 15.6 Å². The molecule has 0 unspecified atom stereocenters. The van der Waals surface area contributed by atoms with Gasteiger partial charge in [0, 0.05) is 6.07 Å². The van der Waals surface area contributed by atoms with Gasteiger partial charge in [-0.25, -0.2) is 18.2 Å². The lowest BCUT2D eigenvalue weighted by Crippen LogP contribution is -2.20. The van der Waals surface area contributed by atoms with E-state index in [0.717, 1.165) is 0 Å². The second kappa shape index (κ2) is 4.44. The minimum absolute atomic E-state index is 0.270. The highest BCUT2D eigenvalue weighted by atomic mass is 32.2. The molecule has 0 fully saturated rings. The van der Waals surface area contributed by atoms with Crippen molar-refractivity contribution in [2.24, 2.45) is 5.14 Å². The van der Waals surface area contributed by atoms with Crippen molar-refractivity contribution < 1.29 is 13.5 Å². The van der Waals surface area contributed by atoms with Gasteiger partial charge in [0.1, 0.15) is 5.60 Å². The third-order valence-corrected chi connectivity index (χ3v) is 3.39. The van der Waals surface area contributed by atoms with Gasteiger partial charge in [0.2, 0.25) is 0 Å².